The predicted molar refractivity (Wildman–Crippen MR) is 368 cm³/mol. The number of aromatic nitrogens is 11. The Morgan fingerprint density at radius 1 is 0.372 bits per heavy atom. The third-order valence-electron chi connectivity index (χ3n) is 6.63. The second kappa shape index (κ2) is 89.3. The highest BCUT2D eigenvalue weighted by Crippen LogP contribution is 1.94. The van der Waals surface area contributed by atoms with Crippen LogP contribution in [-0.2, 0) is 0 Å². The van der Waals surface area contributed by atoms with Crippen molar-refractivity contribution in [1.29, 1.82) is 0 Å². The first-order valence-electron chi connectivity index (χ1n) is 22.9. The highest BCUT2D eigenvalue weighted by atomic mass is 32.1. The number of rotatable bonds is 0. The Kier molecular flexibility index (Phi) is 96.4. The molecule has 0 N–H and O–H groups in total. The van der Waals surface area contributed by atoms with Gasteiger partial charge in [0.1, 0.15) is 25.1 Å². The average molecular weight is 1250 g/mol. The lowest BCUT2D eigenvalue weighted by Crippen LogP contribution is -1.69. The summed E-state index contributed by atoms with van der Waals surface area (Å²) in [4.78, 5) is 26.1. The van der Waals surface area contributed by atoms with Gasteiger partial charge in [-0.05, 0) is 119 Å². The van der Waals surface area contributed by atoms with Gasteiger partial charge in [0.15, 0.2) is 6.39 Å². The average Bonchev–Trinajstić information content (AvgIpc) is 4.36. The Hall–Kier alpha value is -9.55. The molecule has 0 aromatic carbocycles. The van der Waals surface area contributed by atoms with Crippen LogP contribution >= 0.6 is 45.7 Å². The van der Waals surface area contributed by atoms with Gasteiger partial charge < -0.3 is 17.9 Å². The lowest BCUT2D eigenvalue weighted by molar-refractivity contribution is 0.419. The molecule has 0 unspecified atom stereocenters. The molecule has 11 aromatic rings. The Morgan fingerprint density at radius 2 is 0.988 bits per heavy atom. The lowest BCUT2D eigenvalue weighted by atomic mass is 10.5. The van der Waals surface area contributed by atoms with E-state index in [0.717, 1.165) is 25.9 Å². The fourth-order valence-corrected chi connectivity index (χ4v) is 5.07. The van der Waals surface area contributed by atoms with E-state index in [4.69, 9.17) is 0 Å². The summed E-state index contributed by atoms with van der Waals surface area (Å²) in [5.74, 6) is 0. The topological polar surface area (TPSA) is 244 Å². The van der Waals surface area contributed by atoms with E-state index in [0.29, 0.717) is 0 Å². The minimum absolute atomic E-state index is 0. The molecule has 3 aliphatic heterocycles. The monoisotopic (exact) mass is 1250 g/mol. The molecule has 0 saturated carbocycles. The fourth-order valence-electron chi connectivity index (χ4n) is 3.56. The molecular weight excluding hydrogens is 1160 g/mol. The van der Waals surface area contributed by atoms with Crippen LogP contribution < -0.4 is 0 Å². The normalized spacial score (nSPS) is 9.49. The van der Waals surface area contributed by atoms with E-state index in [1.807, 2.05) is 124 Å². The van der Waals surface area contributed by atoms with E-state index < -0.39 is 0 Å². The van der Waals surface area contributed by atoms with E-state index in [1.54, 1.807) is 152 Å². The van der Waals surface area contributed by atoms with Crippen molar-refractivity contribution in [2.24, 2.45) is 20.2 Å². The molecule has 11 aromatic heterocycles. The largest absolute Gasteiger partial charge is 0.473 e. The SMILES string of the molecule is C.C.C.C.C.C.C.C.C1=CCC=C1.C1=CCN=C1.C1=CN=CC1.C1=CN=NC1.c1ccncc1.c1ccnnc1.c1ccoc1.c1ccsc1.c1cncnc1.c1cnoc1.c1cnoc1.c1cnsc1.c1cnsc1.c1cocn1.c1cscn1. The number of aliphatic imine (C=N–C) groups is 2. The third kappa shape index (κ3) is 85.7. The predicted octanol–water partition coefficient (Wildman–Crippen LogP) is 19.7. The highest BCUT2D eigenvalue weighted by molar-refractivity contribution is 7.07. The van der Waals surface area contributed by atoms with Gasteiger partial charge in [0, 0.05) is 103 Å². The number of pyridine rings is 1. The maximum Gasteiger partial charge on any atom is 0.180 e. The number of furan rings is 1. The summed E-state index contributed by atoms with van der Waals surface area (Å²) in [6, 6.07) is 26.1. The number of azo groups is 1. The summed E-state index contributed by atoms with van der Waals surface area (Å²) in [6.07, 6.45) is 56.5. The molecule has 14 heterocycles. The van der Waals surface area contributed by atoms with Crippen LogP contribution in [0.15, 0.2) is 335 Å². The molecule has 0 fully saturated rings. The summed E-state index contributed by atoms with van der Waals surface area (Å²) in [6.45, 7) is 1.67. The van der Waals surface area contributed by atoms with Gasteiger partial charge in [-0.25, -0.2) is 23.7 Å². The smallest absolute Gasteiger partial charge is 0.180 e. The van der Waals surface area contributed by atoms with Gasteiger partial charge in [-0.15, -0.1) is 11.3 Å². The van der Waals surface area contributed by atoms with Crippen molar-refractivity contribution in [3.63, 3.8) is 0 Å². The molecule has 0 amide bonds. The molecule has 15 rings (SSSR count). The van der Waals surface area contributed by atoms with Crippen molar-refractivity contribution in [2.45, 2.75) is 72.3 Å². The first-order valence-corrected chi connectivity index (χ1v) is 26.4. The zero-order valence-electron chi connectivity index (χ0n) is 42.2. The van der Waals surface area contributed by atoms with Crippen molar-refractivity contribution >= 4 is 58.2 Å². The molecule has 466 valence electrons. The summed E-state index contributed by atoms with van der Waals surface area (Å²) < 4.78 is 25.2. The van der Waals surface area contributed by atoms with Crippen molar-refractivity contribution < 1.29 is 17.9 Å². The molecule has 0 radical (unpaired) electrons. The van der Waals surface area contributed by atoms with Crippen LogP contribution in [0.4, 0.5) is 0 Å². The van der Waals surface area contributed by atoms with Gasteiger partial charge in [0.2, 0.25) is 0 Å². The van der Waals surface area contributed by atoms with Crippen molar-refractivity contribution in [3.8, 4) is 0 Å². The zero-order valence-corrected chi connectivity index (χ0v) is 45.5. The van der Waals surface area contributed by atoms with Gasteiger partial charge in [-0.1, -0.05) is 124 Å². The minimum Gasteiger partial charge on any atom is -0.473 e. The van der Waals surface area contributed by atoms with E-state index in [-0.39, 0.29) is 59.4 Å². The number of hydrogen-bond donors (Lipinski definition) is 0. The Labute approximate surface area is 529 Å². The van der Waals surface area contributed by atoms with Gasteiger partial charge in [-0.3, -0.25) is 20.0 Å². The number of nitrogens with zero attached hydrogens (tertiary/aromatic N) is 15. The molecule has 19 nitrogen and oxygen atoms in total. The van der Waals surface area contributed by atoms with E-state index in [1.165, 1.54) is 54.6 Å². The summed E-state index contributed by atoms with van der Waals surface area (Å²) >= 11 is 6.24. The molecule has 1 aliphatic carbocycles. The lowest BCUT2D eigenvalue weighted by Gasteiger charge is -1.70. The van der Waals surface area contributed by atoms with Crippen LogP contribution in [0.5, 0.6) is 0 Å². The van der Waals surface area contributed by atoms with Crippen LogP contribution in [0.1, 0.15) is 72.3 Å². The van der Waals surface area contributed by atoms with E-state index in [9.17, 15) is 0 Å². The van der Waals surface area contributed by atoms with Gasteiger partial charge in [0.05, 0.1) is 49.7 Å². The maximum atomic E-state index is 4.58. The van der Waals surface area contributed by atoms with Crippen LogP contribution in [0, 0.1) is 0 Å². The molecule has 4 aliphatic rings. The fraction of sp³-hybridized carbons (Fsp3) is 0.190. The standard InChI is InChI=1S/C5H5N.C5H6.2C4H4N2.2C4H5N.C4H4O.C4H4S.C3H4N2.3C3H3NO.3C3H3NS.8CH4/c1-2-4-6-5-3-1;1-2-4-5-3-1;1-2-5-4-6-3-1;1-2-4-6-5-3-1;5*1-2-4-5-3-1;1-2-5-3-4-1;2*1-2-4-5-3-1;1-2-5-3-4-1;2*1-2-4-5-3-1;;;;;;;;/h1-5H;1-4H,5H2;2*1-4H;1,3-4H,2H2;1-3H,4H2;2*1-4H;1-2H,3H2;6*1-3H;8*1H4. The number of oxazole rings is 1. The molecular formula is C63H91N15O4S4. The van der Waals surface area contributed by atoms with Crippen LogP contribution in [-0.4, -0.2) is 79.7 Å². The molecule has 0 saturated heterocycles. The summed E-state index contributed by atoms with van der Waals surface area (Å²) in [5, 5.41) is 30.8. The highest BCUT2D eigenvalue weighted by Gasteiger charge is 1.75. The second-order valence-corrected chi connectivity index (χ2v) is 15.3. The number of allylic oxidation sites excluding steroid dienone is 6. The summed E-state index contributed by atoms with van der Waals surface area (Å²) in [7, 11) is 0. The molecule has 0 atom stereocenters. The van der Waals surface area contributed by atoms with Crippen molar-refractivity contribution in [1.82, 2.24) is 54.2 Å². The van der Waals surface area contributed by atoms with Crippen molar-refractivity contribution in [3.05, 3.63) is 297 Å². The second-order valence-electron chi connectivity index (χ2n) is 12.3. The minimum atomic E-state index is 0. The Bertz CT molecular complexity index is 2050. The van der Waals surface area contributed by atoms with E-state index >= 15 is 0 Å². The summed E-state index contributed by atoms with van der Waals surface area (Å²) in [5.41, 5.74) is 1.79. The maximum absolute atomic E-state index is 4.58. The van der Waals surface area contributed by atoms with Gasteiger partial charge in [0.25, 0.3) is 0 Å². The van der Waals surface area contributed by atoms with Gasteiger partial charge in [-0.2, -0.15) is 31.8 Å². The number of hydrogen-bond acceptors (Lipinski definition) is 23. The first-order chi connectivity index (χ1) is 39.0. The Balaban J connectivity index is -0.000000126. The van der Waals surface area contributed by atoms with E-state index in [2.05, 4.69) is 117 Å². The Morgan fingerprint density at radius 3 is 1.14 bits per heavy atom. The molecule has 23 heteroatoms. The quantitative estimate of drug-likeness (QED) is 0.137. The van der Waals surface area contributed by atoms with Gasteiger partial charge >= 0.3 is 0 Å². The van der Waals surface area contributed by atoms with Crippen molar-refractivity contribution in [2.75, 3.05) is 13.1 Å². The number of thiazole rings is 1. The van der Waals surface area contributed by atoms with Crippen LogP contribution in [0.2, 0.25) is 0 Å². The van der Waals surface area contributed by atoms with Crippen LogP contribution in [0.3, 0.4) is 0 Å². The first kappa shape index (κ1) is 92.9. The van der Waals surface area contributed by atoms with Crippen LogP contribution in [0.25, 0.3) is 0 Å². The third-order valence-corrected chi connectivity index (χ3v) is 8.83. The molecule has 0 spiro atoms. The number of thiophene rings is 1. The zero-order chi connectivity index (χ0) is 55.2. The molecule has 0 bridgehead atoms. The molecule has 86 heavy (non-hydrogen) atoms.